The van der Waals surface area contributed by atoms with E-state index in [9.17, 15) is 5.11 Å². The van der Waals surface area contributed by atoms with Gasteiger partial charge in [-0.1, -0.05) is 72.8 Å². The van der Waals surface area contributed by atoms with Crippen LogP contribution in [0.3, 0.4) is 0 Å². The van der Waals surface area contributed by atoms with E-state index < -0.39 is 6.10 Å². The van der Waals surface area contributed by atoms with E-state index >= 15 is 0 Å². The van der Waals surface area contributed by atoms with Crippen LogP contribution in [-0.4, -0.2) is 41.6 Å². The summed E-state index contributed by atoms with van der Waals surface area (Å²) in [6.07, 6.45) is -0.617. The van der Waals surface area contributed by atoms with Gasteiger partial charge in [-0.2, -0.15) is 0 Å². The SMILES string of the molecule is O[C@H](COC1CN(c2ccccc2)N(c2ccccc2)C1)Cn1c2ccccc2c2ccccc21. The standard InChI is InChI=1S/C30H29N3O2/c34-25(19-31-29-17-9-7-15-27(29)28-16-8-10-18-30(28)31)22-35-26-20-32(23-11-3-1-4-12-23)33(21-26)24-13-5-2-6-14-24/h1-18,25-26,34H,19-22H2/t25-/m0/s1. The van der Waals surface area contributed by atoms with Crippen molar-refractivity contribution in [1.82, 2.24) is 4.57 Å². The van der Waals surface area contributed by atoms with E-state index in [0.29, 0.717) is 6.54 Å². The second-order valence-corrected chi connectivity index (χ2v) is 9.09. The lowest BCUT2D eigenvalue weighted by molar-refractivity contribution is -0.000894. The van der Waals surface area contributed by atoms with E-state index in [0.717, 1.165) is 35.5 Å². The summed E-state index contributed by atoms with van der Waals surface area (Å²) < 4.78 is 8.50. The Bertz CT molecular complexity index is 1320. The lowest BCUT2D eigenvalue weighted by Gasteiger charge is -2.31. The van der Waals surface area contributed by atoms with Crippen LogP contribution in [0, 0.1) is 0 Å². The van der Waals surface area contributed by atoms with Gasteiger partial charge in [0.25, 0.3) is 0 Å². The first kappa shape index (κ1) is 21.7. The van der Waals surface area contributed by atoms with E-state index in [4.69, 9.17) is 4.74 Å². The third kappa shape index (κ3) is 4.25. The fraction of sp³-hybridized carbons (Fsp3) is 0.200. The number of aliphatic hydroxyl groups is 1. The number of rotatable bonds is 7. The van der Waals surface area contributed by atoms with E-state index in [1.165, 1.54) is 10.8 Å². The Morgan fingerprint density at radius 3 is 1.63 bits per heavy atom. The molecule has 5 nitrogen and oxygen atoms in total. The van der Waals surface area contributed by atoms with Gasteiger partial charge >= 0.3 is 0 Å². The van der Waals surface area contributed by atoms with Gasteiger partial charge in [-0.25, -0.2) is 0 Å². The van der Waals surface area contributed by atoms with E-state index in [1.54, 1.807) is 0 Å². The Hall–Kier alpha value is -3.80. The lowest BCUT2D eigenvalue weighted by Crippen LogP contribution is -2.36. The van der Waals surface area contributed by atoms with Crippen molar-refractivity contribution in [2.24, 2.45) is 0 Å². The molecule has 6 rings (SSSR count). The summed E-state index contributed by atoms with van der Waals surface area (Å²) in [5.74, 6) is 0. The first-order valence-corrected chi connectivity index (χ1v) is 12.2. The van der Waals surface area contributed by atoms with Crippen LogP contribution in [0.5, 0.6) is 0 Å². The zero-order valence-corrected chi connectivity index (χ0v) is 19.6. The maximum absolute atomic E-state index is 11.0. The number of fused-ring (bicyclic) bond motifs is 3. The number of nitrogens with zero attached hydrogens (tertiary/aromatic N) is 3. The summed E-state index contributed by atoms with van der Waals surface area (Å²) in [7, 11) is 0. The van der Waals surface area contributed by atoms with Crippen LogP contribution in [-0.2, 0) is 11.3 Å². The summed E-state index contributed by atoms with van der Waals surface area (Å²) >= 11 is 0. The van der Waals surface area contributed by atoms with Crippen molar-refractivity contribution < 1.29 is 9.84 Å². The average molecular weight is 464 g/mol. The third-order valence-corrected chi connectivity index (χ3v) is 6.75. The number of benzene rings is 4. The van der Waals surface area contributed by atoms with Crippen LogP contribution in [0.4, 0.5) is 11.4 Å². The number of para-hydroxylation sites is 4. The predicted octanol–water partition coefficient (Wildman–Crippen LogP) is 5.48. The van der Waals surface area contributed by atoms with Crippen LogP contribution in [0.15, 0.2) is 109 Å². The molecular formula is C30H29N3O2. The van der Waals surface area contributed by atoms with E-state index in [1.807, 2.05) is 12.1 Å². The highest BCUT2D eigenvalue weighted by atomic mass is 16.5. The maximum atomic E-state index is 11.0. The fourth-order valence-electron chi connectivity index (χ4n) is 5.15. The molecule has 1 aromatic heterocycles. The van der Waals surface area contributed by atoms with Crippen molar-refractivity contribution in [2.45, 2.75) is 18.8 Å². The molecule has 35 heavy (non-hydrogen) atoms. The molecule has 1 N–H and O–H groups in total. The monoisotopic (exact) mass is 463 g/mol. The highest BCUT2D eigenvalue weighted by molar-refractivity contribution is 6.07. The fourth-order valence-corrected chi connectivity index (χ4v) is 5.15. The van der Waals surface area contributed by atoms with Crippen LogP contribution in [0.1, 0.15) is 0 Å². The van der Waals surface area contributed by atoms with Gasteiger partial charge in [0.05, 0.1) is 49.8 Å². The molecule has 5 heteroatoms. The number of ether oxygens (including phenoxy) is 1. The van der Waals surface area contributed by atoms with Crippen LogP contribution in [0.2, 0.25) is 0 Å². The topological polar surface area (TPSA) is 40.9 Å². The number of hydrogen-bond acceptors (Lipinski definition) is 4. The van der Waals surface area contributed by atoms with Gasteiger partial charge < -0.3 is 14.4 Å². The van der Waals surface area contributed by atoms with Crippen molar-refractivity contribution in [3.8, 4) is 0 Å². The average Bonchev–Trinajstić information content (AvgIpc) is 3.49. The van der Waals surface area contributed by atoms with Gasteiger partial charge in [0, 0.05) is 21.8 Å². The van der Waals surface area contributed by atoms with Crippen LogP contribution >= 0.6 is 0 Å². The van der Waals surface area contributed by atoms with Gasteiger partial charge in [-0.15, -0.1) is 0 Å². The summed E-state index contributed by atoms with van der Waals surface area (Å²) in [5, 5.41) is 17.9. The molecule has 1 saturated heterocycles. The molecular weight excluding hydrogens is 434 g/mol. The molecule has 1 aliphatic rings. The number of anilines is 2. The maximum Gasteiger partial charge on any atom is 0.0966 e. The molecule has 0 amide bonds. The van der Waals surface area contributed by atoms with Crippen LogP contribution in [0.25, 0.3) is 21.8 Å². The quantitative estimate of drug-likeness (QED) is 0.347. The normalized spacial score (nSPS) is 15.3. The molecule has 0 saturated carbocycles. The number of aromatic nitrogens is 1. The van der Waals surface area contributed by atoms with Crippen molar-refractivity contribution >= 4 is 33.2 Å². The van der Waals surface area contributed by atoms with Crippen molar-refractivity contribution in [2.75, 3.05) is 29.7 Å². The predicted molar refractivity (Wildman–Crippen MR) is 143 cm³/mol. The number of hydrazine groups is 1. The minimum atomic E-state index is -0.606. The smallest absolute Gasteiger partial charge is 0.0966 e. The highest BCUT2D eigenvalue weighted by Gasteiger charge is 2.31. The Kier molecular flexibility index (Phi) is 5.86. The summed E-state index contributed by atoms with van der Waals surface area (Å²) in [6, 6.07) is 37.5. The minimum Gasteiger partial charge on any atom is -0.389 e. The zero-order chi connectivity index (χ0) is 23.6. The van der Waals surface area contributed by atoms with E-state index in [2.05, 4.69) is 112 Å². The zero-order valence-electron chi connectivity index (χ0n) is 19.6. The first-order chi connectivity index (χ1) is 17.3. The lowest BCUT2D eigenvalue weighted by atomic mass is 10.2. The van der Waals surface area contributed by atoms with Crippen molar-refractivity contribution in [3.63, 3.8) is 0 Å². The van der Waals surface area contributed by atoms with Gasteiger partial charge in [0.15, 0.2) is 0 Å². The molecule has 5 aromatic rings. The molecule has 0 bridgehead atoms. The summed E-state index contributed by atoms with van der Waals surface area (Å²) in [6.45, 7) is 2.25. The first-order valence-electron chi connectivity index (χ1n) is 12.2. The second-order valence-electron chi connectivity index (χ2n) is 9.09. The molecule has 0 spiro atoms. The molecule has 1 aliphatic heterocycles. The summed E-state index contributed by atoms with van der Waals surface area (Å²) in [5.41, 5.74) is 4.54. The second kappa shape index (κ2) is 9.45. The van der Waals surface area contributed by atoms with Crippen molar-refractivity contribution in [1.29, 1.82) is 0 Å². The molecule has 0 aliphatic carbocycles. The summed E-state index contributed by atoms with van der Waals surface area (Å²) in [4.78, 5) is 0. The molecule has 0 unspecified atom stereocenters. The molecule has 4 aromatic carbocycles. The Morgan fingerprint density at radius 2 is 1.11 bits per heavy atom. The van der Waals surface area contributed by atoms with Gasteiger partial charge in [-0.3, -0.25) is 10.0 Å². The Balaban J connectivity index is 1.18. The highest BCUT2D eigenvalue weighted by Crippen LogP contribution is 2.30. The number of aliphatic hydroxyl groups excluding tert-OH is 1. The van der Waals surface area contributed by atoms with Crippen LogP contribution < -0.4 is 10.0 Å². The van der Waals surface area contributed by atoms with Gasteiger partial charge in [-0.05, 0) is 36.4 Å². The van der Waals surface area contributed by atoms with Gasteiger partial charge in [0.1, 0.15) is 0 Å². The third-order valence-electron chi connectivity index (χ3n) is 6.75. The Labute approximate surface area is 205 Å². The molecule has 1 fully saturated rings. The molecule has 0 radical (unpaired) electrons. The van der Waals surface area contributed by atoms with E-state index in [-0.39, 0.29) is 12.7 Å². The molecule has 2 heterocycles. The van der Waals surface area contributed by atoms with Gasteiger partial charge in [0.2, 0.25) is 0 Å². The Morgan fingerprint density at radius 1 is 0.657 bits per heavy atom. The molecule has 176 valence electrons. The van der Waals surface area contributed by atoms with Crippen molar-refractivity contribution in [3.05, 3.63) is 109 Å². The minimum absolute atomic E-state index is 0.0109. The molecule has 1 atom stereocenters. The largest absolute Gasteiger partial charge is 0.389 e. The number of hydrogen-bond donors (Lipinski definition) is 1.